The van der Waals surface area contributed by atoms with Crippen molar-refractivity contribution < 1.29 is 36.9 Å². The normalized spacial score (nSPS) is 15.0. The van der Waals surface area contributed by atoms with E-state index in [4.69, 9.17) is 23.7 Å². The Bertz CT molecular complexity index is 1700. The van der Waals surface area contributed by atoms with Crippen LogP contribution in [0.2, 0.25) is 0 Å². The molecule has 1 aliphatic rings. The fourth-order valence-corrected chi connectivity index (χ4v) is 5.90. The first-order valence-corrected chi connectivity index (χ1v) is 13.5. The highest BCUT2D eigenvalue weighted by Gasteiger charge is 2.37. The van der Waals surface area contributed by atoms with Crippen LogP contribution >= 0.6 is 0 Å². The molecule has 208 valence electrons. The smallest absolute Gasteiger partial charge is 0.268 e. The minimum absolute atomic E-state index is 0.0747. The first-order chi connectivity index (χ1) is 19.2. The van der Waals surface area contributed by atoms with Gasteiger partial charge in [0.05, 0.1) is 38.9 Å². The van der Waals surface area contributed by atoms with Crippen molar-refractivity contribution in [3.63, 3.8) is 0 Å². The molecule has 0 N–H and O–H groups in total. The minimum atomic E-state index is -4.01. The molecule has 0 saturated carbocycles. The van der Waals surface area contributed by atoms with E-state index >= 15 is 0 Å². The number of ether oxygens (including phenoxy) is 5. The summed E-state index contributed by atoms with van der Waals surface area (Å²) in [6, 6.07) is 16.4. The topological polar surface area (TPSA) is 118 Å². The Labute approximate surface area is 231 Å². The third kappa shape index (κ3) is 4.45. The number of methoxy groups -OCH3 is 4. The fraction of sp³-hybridized carbons (Fsp3) is 0.214. The number of aromatic nitrogens is 1. The molecule has 4 aromatic rings. The molecule has 1 atom stereocenters. The summed E-state index contributed by atoms with van der Waals surface area (Å²) < 4.78 is 56.3. The quantitative estimate of drug-likeness (QED) is 0.313. The van der Waals surface area contributed by atoms with Crippen LogP contribution in [0.25, 0.3) is 10.9 Å². The summed E-state index contributed by atoms with van der Waals surface area (Å²) in [5.74, 6) is 1.40. The highest BCUT2D eigenvalue weighted by atomic mass is 32.2. The molecule has 1 aromatic heterocycles. The van der Waals surface area contributed by atoms with Gasteiger partial charge >= 0.3 is 0 Å². The van der Waals surface area contributed by atoms with Crippen molar-refractivity contribution in [2.75, 3.05) is 28.4 Å². The lowest BCUT2D eigenvalue weighted by Gasteiger charge is -2.18. The van der Waals surface area contributed by atoms with Gasteiger partial charge in [-0.2, -0.15) is 5.01 Å². The predicted octanol–water partition coefficient (Wildman–Crippen LogP) is 4.15. The van der Waals surface area contributed by atoms with Gasteiger partial charge in [0.2, 0.25) is 23.8 Å². The maximum absolute atomic E-state index is 13.7. The zero-order valence-electron chi connectivity index (χ0n) is 22.4. The second-order valence-corrected chi connectivity index (χ2v) is 10.5. The summed E-state index contributed by atoms with van der Waals surface area (Å²) in [5.41, 5.74) is 1.33. The van der Waals surface area contributed by atoms with Crippen molar-refractivity contribution >= 4 is 32.7 Å². The van der Waals surface area contributed by atoms with Gasteiger partial charge in [0.25, 0.3) is 10.0 Å². The number of carbonyl (C=O) groups excluding carboxylic acids is 1. The first kappa shape index (κ1) is 26.9. The van der Waals surface area contributed by atoms with E-state index in [0.717, 1.165) is 0 Å². The van der Waals surface area contributed by atoms with Crippen LogP contribution in [0.5, 0.6) is 23.0 Å². The number of fused-ring (bicyclic) bond motifs is 1. The van der Waals surface area contributed by atoms with Crippen LogP contribution in [-0.4, -0.2) is 57.6 Å². The van der Waals surface area contributed by atoms with E-state index in [1.54, 1.807) is 48.5 Å². The van der Waals surface area contributed by atoms with Crippen molar-refractivity contribution in [2.24, 2.45) is 5.10 Å². The van der Waals surface area contributed by atoms with E-state index in [1.807, 2.05) is 0 Å². The van der Waals surface area contributed by atoms with E-state index in [0.29, 0.717) is 45.0 Å². The maximum atomic E-state index is 13.7. The lowest BCUT2D eigenvalue weighted by Crippen LogP contribution is -2.25. The number of benzene rings is 3. The molecule has 0 fully saturated rings. The zero-order chi connectivity index (χ0) is 28.6. The molecule has 0 aliphatic carbocycles. The molecule has 3 aromatic carbocycles. The van der Waals surface area contributed by atoms with Gasteiger partial charge in [-0.25, -0.2) is 12.4 Å². The lowest BCUT2D eigenvalue weighted by atomic mass is 10.1. The molecule has 0 spiro atoms. The molecule has 0 bridgehead atoms. The number of para-hydroxylation sites is 1. The van der Waals surface area contributed by atoms with Crippen molar-refractivity contribution in [3.05, 3.63) is 78.0 Å². The molecule has 40 heavy (non-hydrogen) atoms. The highest BCUT2D eigenvalue weighted by Crippen LogP contribution is 2.41. The number of carbonyl (C=O) groups is 1. The number of rotatable bonds is 8. The molecular weight excluding hydrogens is 538 g/mol. The number of hydrazone groups is 1. The fourth-order valence-electron chi connectivity index (χ4n) is 4.52. The van der Waals surface area contributed by atoms with Crippen LogP contribution in [0.3, 0.4) is 0 Å². The van der Waals surface area contributed by atoms with Crippen molar-refractivity contribution in [3.8, 4) is 23.0 Å². The molecule has 1 aliphatic heterocycles. The van der Waals surface area contributed by atoms with Crippen LogP contribution < -0.4 is 18.9 Å². The summed E-state index contributed by atoms with van der Waals surface area (Å²) in [7, 11) is 1.96. The van der Waals surface area contributed by atoms with E-state index < -0.39 is 22.2 Å². The largest absolute Gasteiger partial charge is 0.497 e. The Morgan fingerprint density at radius 3 is 2.12 bits per heavy atom. The van der Waals surface area contributed by atoms with Gasteiger partial charge in [0.15, 0.2) is 11.5 Å². The Kier molecular flexibility index (Phi) is 7.03. The van der Waals surface area contributed by atoms with Crippen molar-refractivity contribution in [1.82, 2.24) is 8.98 Å². The molecule has 12 heteroatoms. The van der Waals surface area contributed by atoms with Gasteiger partial charge in [0, 0.05) is 29.6 Å². The van der Waals surface area contributed by atoms with Crippen molar-refractivity contribution in [2.45, 2.75) is 18.0 Å². The molecule has 1 amide bonds. The molecule has 2 heterocycles. The van der Waals surface area contributed by atoms with Crippen LogP contribution in [0.4, 0.5) is 0 Å². The Hall–Kier alpha value is -4.71. The SMILES string of the molecule is COc1ccc(S(=O)(=O)n2cc(C3OC(c4cc(OC)c(OC)c(OC)c4)=NN3C(C)=O)c3ccccc32)cc1. The van der Waals surface area contributed by atoms with Crippen LogP contribution in [0, 0.1) is 0 Å². The number of hydrogen-bond acceptors (Lipinski definition) is 9. The maximum Gasteiger partial charge on any atom is 0.268 e. The highest BCUT2D eigenvalue weighted by molar-refractivity contribution is 7.90. The summed E-state index contributed by atoms with van der Waals surface area (Å²) in [6.45, 7) is 1.35. The average molecular weight is 566 g/mol. The van der Waals surface area contributed by atoms with Gasteiger partial charge in [-0.3, -0.25) is 4.79 Å². The second-order valence-electron chi connectivity index (χ2n) is 8.73. The molecular formula is C28H27N3O8S. The molecule has 0 radical (unpaired) electrons. The molecule has 11 nitrogen and oxygen atoms in total. The minimum Gasteiger partial charge on any atom is -0.497 e. The third-order valence-electron chi connectivity index (χ3n) is 6.47. The van der Waals surface area contributed by atoms with E-state index in [1.165, 1.54) is 62.7 Å². The van der Waals surface area contributed by atoms with Crippen molar-refractivity contribution in [1.29, 1.82) is 0 Å². The van der Waals surface area contributed by atoms with Gasteiger partial charge in [-0.1, -0.05) is 18.2 Å². The summed E-state index contributed by atoms with van der Waals surface area (Å²) in [5, 5.41) is 6.18. The van der Waals surface area contributed by atoms with E-state index in [-0.39, 0.29) is 10.8 Å². The van der Waals surface area contributed by atoms with Crippen LogP contribution in [0.15, 0.2) is 76.9 Å². The van der Waals surface area contributed by atoms with Gasteiger partial charge in [-0.15, -0.1) is 5.10 Å². The standard InChI is InChI=1S/C28H27N3O8S/c1-17(32)31-28(39-27(29-31)18-14-24(36-3)26(38-5)25(15-18)37-4)22-16-30(23-9-7-6-8-21(22)23)40(33,34)20-12-10-19(35-2)11-13-20/h6-16,28H,1-5H3. The number of nitrogens with zero attached hydrogens (tertiary/aromatic N) is 3. The average Bonchev–Trinajstić information content (AvgIpc) is 3.59. The Morgan fingerprint density at radius 2 is 1.55 bits per heavy atom. The number of hydrogen-bond donors (Lipinski definition) is 0. The summed E-state index contributed by atoms with van der Waals surface area (Å²) in [6.07, 6.45) is 0.419. The zero-order valence-corrected chi connectivity index (χ0v) is 23.3. The Morgan fingerprint density at radius 1 is 0.900 bits per heavy atom. The lowest BCUT2D eigenvalue weighted by molar-refractivity contribution is -0.135. The summed E-state index contributed by atoms with van der Waals surface area (Å²) >= 11 is 0. The van der Waals surface area contributed by atoms with Gasteiger partial charge < -0.3 is 23.7 Å². The van der Waals surface area contributed by atoms with Gasteiger partial charge in [0.1, 0.15) is 5.75 Å². The summed E-state index contributed by atoms with van der Waals surface area (Å²) in [4.78, 5) is 12.8. The molecule has 1 unspecified atom stereocenters. The van der Waals surface area contributed by atoms with Crippen LogP contribution in [0.1, 0.15) is 24.3 Å². The first-order valence-electron chi connectivity index (χ1n) is 12.1. The van der Waals surface area contributed by atoms with Crippen LogP contribution in [-0.2, 0) is 19.6 Å². The monoisotopic (exact) mass is 565 g/mol. The second kappa shape index (κ2) is 10.5. The van der Waals surface area contributed by atoms with Gasteiger partial charge in [-0.05, 0) is 42.5 Å². The predicted molar refractivity (Wildman–Crippen MR) is 146 cm³/mol. The van der Waals surface area contributed by atoms with E-state index in [9.17, 15) is 13.2 Å². The third-order valence-corrected chi connectivity index (χ3v) is 8.16. The number of amides is 1. The molecule has 0 saturated heterocycles. The molecule has 5 rings (SSSR count). The Balaban J connectivity index is 1.61. The van der Waals surface area contributed by atoms with E-state index in [2.05, 4.69) is 5.10 Å².